The summed E-state index contributed by atoms with van der Waals surface area (Å²) in [6.07, 6.45) is 2.63. The minimum absolute atomic E-state index is 0.0463. The predicted molar refractivity (Wildman–Crippen MR) is 51.0 cm³/mol. The van der Waals surface area contributed by atoms with E-state index in [9.17, 15) is 8.78 Å². The standard InChI is InChI=1S/C10H9F2N3/c1-2-15-6-8(12)10(14-15)9-7(11)4-3-5-13-9/h3-6H,2H2,1H3. The highest BCUT2D eigenvalue weighted by Gasteiger charge is 2.15. The summed E-state index contributed by atoms with van der Waals surface area (Å²) in [5.41, 5.74) is -0.0999. The molecule has 0 spiro atoms. The fourth-order valence-corrected chi connectivity index (χ4v) is 1.28. The van der Waals surface area contributed by atoms with Gasteiger partial charge in [-0.2, -0.15) is 5.10 Å². The van der Waals surface area contributed by atoms with Gasteiger partial charge in [-0.1, -0.05) is 0 Å². The predicted octanol–water partition coefficient (Wildman–Crippen LogP) is 2.24. The topological polar surface area (TPSA) is 30.7 Å². The molecule has 5 heteroatoms. The molecule has 2 aromatic rings. The fraction of sp³-hybridized carbons (Fsp3) is 0.200. The van der Waals surface area contributed by atoms with Gasteiger partial charge in [-0.3, -0.25) is 9.67 Å². The molecule has 0 saturated carbocycles. The summed E-state index contributed by atoms with van der Waals surface area (Å²) < 4.78 is 28.1. The molecule has 78 valence electrons. The highest BCUT2D eigenvalue weighted by molar-refractivity contribution is 5.54. The molecule has 2 aromatic heterocycles. The number of hydrogen-bond donors (Lipinski definition) is 0. The molecule has 15 heavy (non-hydrogen) atoms. The number of nitrogens with zero attached hydrogens (tertiary/aromatic N) is 3. The quantitative estimate of drug-likeness (QED) is 0.759. The third kappa shape index (κ3) is 1.72. The second kappa shape index (κ2) is 3.76. The lowest BCUT2D eigenvalue weighted by Crippen LogP contribution is -1.95. The first kappa shape index (κ1) is 9.76. The SMILES string of the molecule is CCn1cc(F)c(-c2ncccc2F)n1. The van der Waals surface area contributed by atoms with Gasteiger partial charge in [0.05, 0.1) is 6.20 Å². The van der Waals surface area contributed by atoms with Crippen LogP contribution in [0.1, 0.15) is 6.92 Å². The molecule has 3 nitrogen and oxygen atoms in total. The monoisotopic (exact) mass is 209 g/mol. The van der Waals surface area contributed by atoms with Crippen LogP contribution in [0.4, 0.5) is 8.78 Å². The van der Waals surface area contributed by atoms with E-state index in [1.54, 1.807) is 0 Å². The maximum absolute atomic E-state index is 13.4. The summed E-state index contributed by atoms with van der Waals surface area (Å²) in [5.74, 6) is -1.13. The Morgan fingerprint density at radius 2 is 2.07 bits per heavy atom. The summed E-state index contributed by atoms with van der Waals surface area (Å²) in [6.45, 7) is 2.36. The normalized spacial score (nSPS) is 10.6. The van der Waals surface area contributed by atoms with Crippen molar-refractivity contribution in [3.63, 3.8) is 0 Å². The molecule has 0 atom stereocenters. The number of halogens is 2. The Hall–Kier alpha value is -1.78. The van der Waals surface area contributed by atoms with Gasteiger partial charge in [0.25, 0.3) is 0 Å². The van der Waals surface area contributed by atoms with Gasteiger partial charge in [0.1, 0.15) is 11.4 Å². The van der Waals surface area contributed by atoms with Crippen LogP contribution in [0.2, 0.25) is 0 Å². The highest BCUT2D eigenvalue weighted by Crippen LogP contribution is 2.20. The lowest BCUT2D eigenvalue weighted by Gasteiger charge is -1.97. The minimum atomic E-state index is -0.572. The van der Waals surface area contributed by atoms with Gasteiger partial charge in [0, 0.05) is 12.7 Å². The maximum Gasteiger partial charge on any atom is 0.170 e. The average Bonchev–Trinajstić information content (AvgIpc) is 2.60. The zero-order valence-corrected chi connectivity index (χ0v) is 8.11. The Balaban J connectivity index is 2.54. The van der Waals surface area contributed by atoms with E-state index in [-0.39, 0.29) is 11.4 Å². The zero-order chi connectivity index (χ0) is 10.8. The van der Waals surface area contributed by atoms with Crippen LogP contribution in [0.3, 0.4) is 0 Å². The summed E-state index contributed by atoms with van der Waals surface area (Å²) in [4.78, 5) is 3.77. The smallest absolute Gasteiger partial charge is 0.170 e. The molecule has 2 rings (SSSR count). The van der Waals surface area contributed by atoms with Gasteiger partial charge in [0.15, 0.2) is 11.6 Å². The van der Waals surface area contributed by atoms with E-state index in [0.717, 1.165) is 0 Å². The van der Waals surface area contributed by atoms with Gasteiger partial charge >= 0.3 is 0 Å². The van der Waals surface area contributed by atoms with Crippen molar-refractivity contribution >= 4 is 0 Å². The molecule has 0 aliphatic heterocycles. The van der Waals surface area contributed by atoms with Crippen LogP contribution in [0.5, 0.6) is 0 Å². The van der Waals surface area contributed by atoms with Crippen molar-refractivity contribution < 1.29 is 8.78 Å². The molecular formula is C10H9F2N3. The van der Waals surface area contributed by atoms with Crippen LogP contribution in [0.25, 0.3) is 11.4 Å². The van der Waals surface area contributed by atoms with Gasteiger partial charge in [-0.15, -0.1) is 0 Å². The van der Waals surface area contributed by atoms with E-state index >= 15 is 0 Å². The average molecular weight is 209 g/mol. The lowest BCUT2D eigenvalue weighted by molar-refractivity contribution is 0.609. The minimum Gasteiger partial charge on any atom is -0.269 e. The Morgan fingerprint density at radius 3 is 2.67 bits per heavy atom. The number of pyridine rings is 1. The van der Waals surface area contributed by atoms with Gasteiger partial charge < -0.3 is 0 Å². The second-order valence-corrected chi connectivity index (χ2v) is 3.02. The van der Waals surface area contributed by atoms with E-state index in [0.29, 0.717) is 6.54 Å². The van der Waals surface area contributed by atoms with Crippen molar-refractivity contribution in [2.24, 2.45) is 0 Å². The van der Waals surface area contributed by atoms with Gasteiger partial charge in [-0.05, 0) is 19.1 Å². The number of hydrogen-bond acceptors (Lipinski definition) is 2. The maximum atomic E-state index is 13.4. The first-order chi connectivity index (χ1) is 7.22. The van der Waals surface area contributed by atoms with Crippen LogP contribution in [0.15, 0.2) is 24.5 Å². The Morgan fingerprint density at radius 1 is 1.27 bits per heavy atom. The van der Waals surface area contributed by atoms with Crippen LogP contribution in [0, 0.1) is 11.6 Å². The van der Waals surface area contributed by atoms with Crippen molar-refractivity contribution in [2.75, 3.05) is 0 Å². The third-order valence-electron chi connectivity index (χ3n) is 2.02. The molecular weight excluding hydrogens is 200 g/mol. The first-order valence-electron chi connectivity index (χ1n) is 4.56. The molecule has 0 saturated heterocycles. The summed E-state index contributed by atoms with van der Waals surface area (Å²) in [6, 6.07) is 2.68. The third-order valence-corrected chi connectivity index (χ3v) is 2.02. The highest BCUT2D eigenvalue weighted by atomic mass is 19.1. The Bertz CT molecular complexity index is 479. The van der Waals surface area contributed by atoms with Crippen molar-refractivity contribution in [1.29, 1.82) is 0 Å². The lowest BCUT2D eigenvalue weighted by atomic mass is 10.2. The van der Waals surface area contributed by atoms with E-state index in [1.807, 2.05) is 6.92 Å². The van der Waals surface area contributed by atoms with Crippen LogP contribution in [-0.4, -0.2) is 14.8 Å². The molecule has 0 N–H and O–H groups in total. The van der Waals surface area contributed by atoms with Crippen molar-refractivity contribution in [3.05, 3.63) is 36.2 Å². The molecule has 0 aliphatic rings. The summed E-state index contributed by atoms with van der Waals surface area (Å²) >= 11 is 0. The van der Waals surface area contributed by atoms with Crippen molar-refractivity contribution in [1.82, 2.24) is 14.8 Å². The second-order valence-electron chi connectivity index (χ2n) is 3.02. The van der Waals surface area contributed by atoms with E-state index in [1.165, 1.54) is 29.2 Å². The first-order valence-corrected chi connectivity index (χ1v) is 4.56. The van der Waals surface area contributed by atoms with Crippen LogP contribution < -0.4 is 0 Å². The molecule has 0 aromatic carbocycles. The van der Waals surface area contributed by atoms with E-state index in [4.69, 9.17) is 0 Å². The molecule has 0 radical (unpaired) electrons. The molecule has 2 heterocycles. The zero-order valence-electron chi connectivity index (χ0n) is 8.11. The van der Waals surface area contributed by atoms with Crippen LogP contribution in [-0.2, 0) is 6.54 Å². The largest absolute Gasteiger partial charge is 0.269 e. The van der Waals surface area contributed by atoms with Gasteiger partial charge in [0.2, 0.25) is 0 Å². The van der Waals surface area contributed by atoms with E-state index < -0.39 is 11.6 Å². The van der Waals surface area contributed by atoms with Crippen molar-refractivity contribution in [2.45, 2.75) is 13.5 Å². The van der Waals surface area contributed by atoms with Crippen LogP contribution >= 0.6 is 0 Å². The molecule has 0 bridgehead atoms. The summed E-state index contributed by atoms with van der Waals surface area (Å²) in [7, 11) is 0. The molecule has 0 amide bonds. The molecule has 0 unspecified atom stereocenters. The number of aromatic nitrogens is 3. The molecule has 0 fully saturated rings. The van der Waals surface area contributed by atoms with E-state index in [2.05, 4.69) is 10.1 Å². The molecule has 0 aliphatic carbocycles. The van der Waals surface area contributed by atoms with Gasteiger partial charge in [-0.25, -0.2) is 8.78 Å². The Labute approximate surface area is 85.4 Å². The fourth-order valence-electron chi connectivity index (χ4n) is 1.28. The Kier molecular flexibility index (Phi) is 2.45. The van der Waals surface area contributed by atoms with Crippen molar-refractivity contribution in [3.8, 4) is 11.4 Å². The summed E-state index contributed by atoms with van der Waals surface area (Å²) in [5, 5.41) is 3.90. The number of rotatable bonds is 2. The number of aryl methyl sites for hydroxylation is 1.